The molecule has 3 aliphatic rings. The number of ether oxygens (including phenoxy) is 1. The molecule has 172 valence electrons. The fourth-order valence-electron chi connectivity index (χ4n) is 5.33. The number of benzene rings is 2. The van der Waals surface area contributed by atoms with Gasteiger partial charge >= 0.3 is 12.1 Å². The van der Waals surface area contributed by atoms with Crippen molar-refractivity contribution in [3.8, 4) is 11.1 Å². The molecule has 2 aromatic carbocycles. The van der Waals surface area contributed by atoms with Crippen molar-refractivity contribution < 1.29 is 24.2 Å². The number of alkyl carbamates (subject to hydrolysis) is 1. The molecule has 0 bridgehead atoms. The van der Waals surface area contributed by atoms with Crippen molar-refractivity contribution in [2.24, 2.45) is 5.92 Å². The Hall–Kier alpha value is -3.35. The monoisotopic (exact) mass is 448 g/mol. The molecule has 2 aromatic rings. The summed E-state index contributed by atoms with van der Waals surface area (Å²) >= 11 is 0. The van der Waals surface area contributed by atoms with Crippen molar-refractivity contribution in [2.75, 3.05) is 6.61 Å². The Kier molecular flexibility index (Phi) is 5.56. The maximum atomic E-state index is 12.9. The van der Waals surface area contributed by atoms with E-state index in [0.29, 0.717) is 5.92 Å². The number of hydrogen-bond acceptors (Lipinski definition) is 4. The van der Waals surface area contributed by atoms with E-state index in [1.807, 2.05) is 36.4 Å². The third-order valence-electron chi connectivity index (χ3n) is 7.31. The van der Waals surface area contributed by atoms with Gasteiger partial charge in [-0.3, -0.25) is 9.59 Å². The van der Waals surface area contributed by atoms with Crippen LogP contribution < -0.4 is 10.6 Å². The third kappa shape index (κ3) is 4.19. The van der Waals surface area contributed by atoms with Crippen LogP contribution in [-0.4, -0.2) is 41.3 Å². The van der Waals surface area contributed by atoms with Gasteiger partial charge in [-0.2, -0.15) is 0 Å². The van der Waals surface area contributed by atoms with E-state index < -0.39 is 30.4 Å². The highest BCUT2D eigenvalue weighted by Crippen LogP contribution is 2.50. The molecule has 0 aromatic heterocycles. The molecular weight excluding hydrogens is 420 g/mol. The number of amides is 2. The molecule has 7 heteroatoms. The predicted octanol–water partition coefficient (Wildman–Crippen LogP) is 3.82. The van der Waals surface area contributed by atoms with Crippen LogP contribution in [0.1, 0.15) is 55.6 Å². The second-order valence-electron chi connectivity index (χ2n) is 9.39. The topological polar surface area (TPSA) is 105 Å². The van der Waals surface area contributed by atoms with Gasteiger partial charge in [0.25, 0.3) is 0 Å². The number of fused-ring (bicyclic) bond motifs is 3. The van der Waals surface area contributed by atoms with E-state index in [2.05, 4.69) is 22.8 Å². The molecule has 0 radical (unpaired) electrons. The highest BCUT2D eigenvalue weighted by atomic mass is 16.5. The quantitative estimate of drug-likeness (QED) is 0.570. The fraction of sp³-hybridized carbons (Fsp3) is 0.423. The standard InChI is InChI=1S/C26H28N2O5/c29-23(30)14-22(24(31)28-26(12-5-13-26)16-10-11-16)27-25(32)33-15-21-19-8-3-1-6-17(19)18-7-2-4-9-20(18)21/h1-4,6-9,16,21-22H,5,10-15H2,(H,27,32)(H,28,31)(H,29,30). The van der Waals surface area contributed by atoms with Crippen molar-refractivity contribution in [2.45, 2.75) is 56.0 Å². The minimum atomic E-state index is -1.17. The first kappa shape index (κ1) is 21.5. The van der Waals surface area contributed by atoms with Gasteiger partial charge in [0.1, 0.15) is 12.6 Å². The molecule has 1 atom stereocenters. The average molecular weight is 449 g/mol. The molecular formula is C26H28N2O5. The summed E-state index contributed by atoms with van der Waals surface area (Å²) in [5, 5.41) is 14.8. The Bertz CT molecular complexity index is 1040. The third-order valence-corrected chi connectivity index (χ3v) is 7.31. The van der Waals surface area contributed by atoms with Crippen molar-refractivity contribution in [1.29, 1.82) is 0 Å². The first-order valence-electron chi connectivity index (χ1n) is 11.6. The summed E-state index contributed by atoms with van der Waals surface area (Å²) in [5.74, 6) is -1.24. The maximum Gasteiger partial charge on any atom is 0.407 e. The summed E-state index contributed by atoms with van der Waals surface area (Å²) in [4.78, 5) is 36.9. The number of nitrogens with one attached hydrogen (secondary N) is 2. The molecule has 33 heavy (non-hydrogen) atoms. The number of carboxylic acid groups (broad SMARTS) is 1. The summed E-state index contributed by atoms with van der Waals surface area (Å²) in [7, 11) is 0. The molecule has 0 saturated heterocycles. The van der Waals surface area contributed by atoms with Gasteiger partial charge in [0.15, 0.2) is 0 Å². The number of carbonyl (C=O) groups excluding carboxylic acids is 2. The molecule has 2 fully saturated rings. The largest absolute Gasteiger partial charge is 0.481 e. The van der Waals surface area contributed by atoms with Crippen LogP contribution in [0.2, 0.25) is 0 Å². The minimum Gasteiger partial charge on any atom is -0.481 e. The Morgan fingerprint density at radius 3 is 2.12 bits per heavy atom. The van der Waals surface area contributed by atoms with Crippen LogP contribution in [0.15, 0.2) is 48.5 Å². The fourth-order valence-corrected chi connectivity index (χ4v) is 5.33. The zero-order valence-corrected chi connectivity index (χ0v) is 18.4. The second kappa shape index (κ2) is 8.54. The number of carbonyl (C=O) groups is 3. The number of rotatable bonds is 8. The van der Waals surface area contributed by atoms with Crippen LogP contribution in [0.4, 0.5) is 4.79 Å². The van der Waals surface area contributed by atoms with Gasteiger partial charge < -0.3 is 20.5 Å². The lowest BCUT2D eigenvalue weighted by Gasteiger charge is -2.44. The number of aliphatic carboxylic acids is 1. The first-order chi connectivity index (χ1) is 16.0. The van der Waals surface area contributed by atoms with Crippen LogP contribution in [0, 0.1) is 5.92 Å². The average Bonchev–Trinajstić information content (AvgIpc) is 3.57. The van der Waals surface area contributed by atoms with E-state index in [9.17, 15) is 19.5 Å². The zero-order chi connectivity index (χ0) is 23.0. The lowest BCUT2D eigenvalue weighted by molar-refractivity contribution is -0.140. The Labute approximate surface area is 192 Å². The SMILES string of the molecule is O=C(O)CC(NC(=O)OCC1c2ccccc2-c2ccccc21)C(=O)NC1(C2CC2)CCC1. The van der Waals surface area contributed by atoms with Gasteiger partial charge in [-0.05, 0) is 60.3 Å². The Morgan fingerprint density at radius 2 is 1.61 bits per heavy atom. The van der Waals surface area contributed by atoms with Crippen LogP contribution in [-0.2, 0) is 14.3 Å². The van der Waals surface area contributed by atoms with E-state index in [1.165, 1.54) is 0 Å². The molecule has 2 amide bonds. The van der Waals surface area contributed by atoms with Gasteiger partial charge in [0, 0.05) is 11.5 Å². The van der Waals surface area contributed by atoms with E-state index in [0.717, 1.165) is 54.4 Å². The molecule has 1 unspecified atom stereocenters. The minimum absolute atomic E-state index is 0.104. The summed E-state index contributed by atoms with van der Waals surface area (Å²) in [6, 6.07) is 14.9. The molecule has 3 N–H and O–H groups in total. The highest BCUT2D eigenvalue weighted by molar-refractivity contribution is 5.90. The van der Waals surface area contributed by atoms with E-state index in [-0.39, 0.29) is 18.1 Å². The Morgan fingerprint density at radius 1 is 1.00 bits per heavy atom. The summed E-state index contributed by atoms with van der Waals surface area (Å²) in [5.41, 5.74) is 4.19. The molecule has 0 spiro atoms. The van der Waals surface area contributed by atoms with Gasteiger partial charge in [0.05, 0.1) is 6.42 Å². The normalized spacial score (nSPS) is 18.9. The zero-order valence-electron chi connectivity index (χ0n) is 18.4. The number of carboxylic acids is 1. The van der Waals surface area contributed by atoms with Crippen LogP contribution in [0.5, 0.6) is 0 Å². The lowest BCUT2D eigenvalue weighted by Crippen LogP contribution is -2.60. The van der Waals surface area contributed by atoms with Gasteiger partial charge in [-0.15, -0.1) is 0 Å². The van der Waals surface area contributed by atoms with E-state index >= 15 is 0 Å². The van der Waals surface area contributed by atoms with Crippen LogP contribution in [0.3, 0.4) is 0 Å². The molecule has 0 aliphatic heterocycles. The number of hydrogen-bond donors (Lipinski definition) is 3. The summed E-state index contributed by atoms with van der Waals surface area (Å²) < 4.78 is 5.51. The second-order valence-corrected chi connectivity index (χ2v) is 9.39. The summed E-state index contributed by atoms with van der Waals surface area (Å²) in [6.45, 7) is 0.104. The van der Waals surface area contributed by atoms with Crippen LogP contribution >= 0.6 is 0 Å². The van der Waals surface area contributed by atoms with Gasteiger partial charge in [-0.25, -0.2) is 4.79 Å². The van der Waals surface area contributed by atoms with Crippen LogP contribution in [0.25, 0.3) is 11.1 Å². The molecule has 2 saturated carbocycles. The highest BCUT2D eigenvalue weighted by Gasteiger charge is 2.50. The lowest BCUT2D eigenvalue weighted by atomic mass is 9.73. The smallest absolute Gasteiger partial charge is 0.407 e. The van der Waals surface area contributed by atoms with Crippen molar-refractivity contribution in [3.05, 3.63) is 59.7 Å². The van der Waals surface area contributed by atoms with Crippen molar-refractivity contribution in [1.82, 2.24) is 10.6 Å². The molecule has 0 heterocycles. The van der Waals surface area contributed by atoms with E-state index in [1.54, 1.807) is 0 Å². The van der Waals surface area contributed by atoms with Gasteiger partial charge in [-0.1, -0.05) is 48.5 Å². The van der Waals surface area contributed by atoms with Crippen molar-refractivity contribution in [3.63, 3.8) is 0 Å². The van der Waals surface area contributed by atoms with E-state index in [4.69, 9.17) is 4.74 Å². The molecule has 3 aliphatic carbocycles. The Balaban J connectivity index is 1.24. The maximum absolute atomic E-state index is 12.9. The summed E-state index contributed by atoms with van der Waals surface area (Å²) in [6.07, 6.45) is 3.78. The predicted molar refractivity (Wildman–Crippen MR) is 122 cm³/mol. The molecule has 5 rings (SSSR count). The van der Waals surface area contributed by atoms with Gasteiger partial charge in [0.2, 0.25) is 5.91 Å². The molecule has 7 nitrogen and oxygen atoms in total. The van der Waals surface area contributed by atoms with Crippen molar-refractivity contribution >= 4 is 18.0 Å². The first-order valence-corrected chi connectivity index (χ1v) is 11.6.